The molecular formula is C21H18N6O3S. The van der Waals surface area contributed by atoms with Crippen molar-refractivity contribution >= 4 is 39.5 Å². The number of carbonyl (C=O) groups excluding carboxylic acids is 1. The van der Waals surface area contributed by atoms with E-state index in [1.165, 1.54) is 28.5 Å². The Morgan fingerprint density at radius 2 is 1.97 bits per heavy atom. The molecule has 0 radical (unpaired) electrons. The van der Waals surface area contributed by atoms with E-state index in [1.807, 2.05) is 32.0 Å². The molecule has 3 aromatic rings. The number of hydrazone groups is 1. The number of benzene rings is 2. The second-order valence-corrected chi connectivity index (χ2v) is 7.96. The monoisotopic (exact) mass is 434 g/mol. The minimum absolute atomic E-state index is 0.0231. The summed E-state index contributed by atoms with van der Waals surface area (Å²) in [5, 5.41) is 27.1. The van der Waals surface area contributed by atoms with Gasteiger partial charge in [0.25, 0.3) is 11.6 Å². The van der Waals surface area contributed by atoms with Crippen LogP contribution in [0.3, 0.4) is 0 Å². The van der Waals surface area contributed by atoms with Crippen LogP contribution in [0, 0.1) is 24.0 Å². The smallest absolute Gasteiger partial charge is 0.269 e. The van der Waals surface area contributed by atoms with Crippen LogP contribution in [-0.4, -0.2) is 27.6 Å². The Hall–Kier alpha value is -3.79. The van der Waals surface area contributed by atoms with Crippen molar-refractivity contribution in [2.24, 2.45) is 15.3 Å². The van der Waals surface area contributed by atoms with Gasteiger partial charge in [-0.2, -0.15) is 20.3 Å². The van der Waals surface area contributed by atoms with Gasteiger partial charge in [-0.1, -0.05) is 29.8 Å². The van der Waals surface area contributed by atoms with E-state index in [1.54, 1.807) is 24.4 Å². The molecule has 0 saturated carbocycles. The number of nitrogens with zero attached hydrogens (tertiary/aromatic N) is 6. The van der Waals surface area contributed by atoms with Crippen LogP contribution >= 0.6 is 11.3 Å². The second kappa shape index (κ2) is 8.15. The summed E-state index contributed by atoms with van der Waals surface area (Å²) >= 11 is 1.23. The quantitative estimate of drug-likeness (QED) is 0.311. The number of rotatable bonds is 5. The first-order valence-corrected chi connectivity index (χ1v) is 10.3. The summed E-state index contributed by atoms with van der Waals surface area (Å²) in [6, 6.07) is 11.2. The van der Waals surface area contributed by atoms with Crippen molar-refractivity contribution in [3.63, 3.8) is 0 Å². The van der Waals surface area contributed by atoms with E-state index in [9.17, 15) is 14.9 Å². The number of hydrogen-bond acceptors (Lipinski definition) is 8. The molecule has 0 unspecified atom stereocenters. The molecule has 0 bridgehead atoms. The highest BCUT2D eigenvalue weighted by Gasteiger charge is 2.36. The van der Waals surface area contributed by atoms with E-state index >= 15 is 0 Å². The summed E-state index contributed by atoms with van der Waals surface area (Å²) in [7, 11) is 0. The maximum atomic E-state index is 12.9. The van der Waals surface area contributed by atoms with Gasteiger partial charge in [-0.25, -0.2) is 4.98 Å². The molecule has 4 rings (SSSR count). The van der Waals surface area contributed by atoms with Gasteiger partial charge in [-0.05, 0) is 32.4 Å². The fourth-order valence-corrected chi connectivity index (χ4v) is 3.92. The summed E-state index contributed by atoms with van der Waals surface area (Å²) in [4.78, 5) is 27.9. The Morgan fingerprint density at radius 3 is 2.71 bits per heavy atom. The summed E-state index contributed by atoms with van der Waals surface area (Å²) in [5.41, 5.74) is 4.42. The van der Waals surface area contributed by atoms with Gasteiger partial charge in [0, 0.05) is 23.1 Å². The van der Waals surface area contributed by atoms with Gasteiger partial charge in [0.1, 0.15) is 0 Å². The highest BCUT2D eigenvalue weighted by molar-refractivity contribution is 7.14. The van der Waals surface area contributed by atoms with Gasteiger partial charge in [0.15, 0.2) is 6.04 Å². The van der Waals surface area contributed by atoms with Gasteiger partial charge >= 0.3 is 0 Å². The largest absolute Gasteiger partial charge is 0.282 e. The number of nitro groups is 1. The number of thiazole rings is 1. The molecule has 1 amide bonds. The van der Waals surface area contributed by atoms with Crippen molar-refractivity contribution in [3.05, 3.63) is 69.1 Å². The second-order valence-electron chi connectivity index (χ2n) is 7.12. The molecule has 156 valence electrons. The lowest BCUT2D eigenvalue weighted by molar-refractivity contribution is -0.384. The number of azo groups is 1. The van der Waals surface area contributed by atoms with Gasteiger partial charge < -0.3 is 0 Å². The van der Waals surface area contributed by atoms with E-state index in [4.69, 9.17) is 0 Å². The average molecular weight is 434 g/mol. The third kappa shape index (κ3) is 4.10. The first-order valence-electron chi connectivity index (χ1n) is 9.41. The fraction of sp³-hybridized carbons (Fsp3) is 0.190. The zero-order chi connectivity index (χ0) is 22.1. The van der Waals surface area contributed by atoms with Crippen LogP contribution in [0.2, 0.25) is 0 Å². The Balaban J connectivity index is 1.56. The van der Waals surface area contributed by atoms with Crippen LogP contribution in [0.5, 0.6) is 0 Å². The maximum absolute atomic E-state index is 12.9. The Labute approximate surface area is 181 Å². The molecule has 0 fully saturated rings. The molecule has 0 N–H and O–H groups in total. The van der Waals surface area contributed by atoms with E-state index in [0.717, 1.165) is 11.1 Å². The molecule has 1 aliphatic heterocycles. The van der Waals surface area contributed by atoms with Crippen molar-refractivity contribution in [1.29, 1.82) is 0 Å². The first kappa shape index (κ1) is 20.5. The maximum Gasteiger partial charge on any atom is 0.282 e. The third-order valence-corrected chi connectivity index (χ3v) is 5.57. The van der Waals surface area contributed by atoms with Gasteiger partial charge in [-0.3, -0.25) is 14.9 Å². The number of anilines is 1. The predicted octanol–water partition coefficient (Wildman–Crippen LogP) is 5.21. The van der Waals surface area contributed by atoms with Gasteiger partial charge in [-0.15, -0.1) is 11.3 Å². The number of carbonyl (C=O) groups is 1. The topological polar surface area (TPSA) is 113 Å². The minimum atomic E-state index is -0.814. The lowest BCUT2D eigenvalue weighted by atomic mass is 10.1. The summed E-state index contributed by atoms with van der Waals surface area (Å²) in [6.45, 7) is 5.66. The van der Waals surface area contributed by atoms with Crippen molar-refractivity contribution in [2.75, 3.05) is 5.01 Å². The van der Waals surface area contributed by atoms with Crippen LogP contribution < -0.4 is 5.01 Å². The SMILES string of the molecule is CC1=NN(c2nc(-c3cccc([N+](=O)[O-])c3)cs2)C(=O)[C@H]1N=Nc1ccc(C)cc1C. The number of nitro benzene ring substituents is 1. The van der Waals surface area contributed by atoms with Crippen molar-refractivity contribution in [2.45, 2.75) is 26.8 Å². The Morgan fingerprint density at radius 1 is 1.16 bits per heavy atom. The highest BCUT2D eigenvalue weighted by Crippen LogP contribution is 2.32. The van der Waals surface area contributed by atoms with Gasteiger partial charge in [0.2, 0.25) is 5.13 Å². The molecule has 31 heavy (non-hydrogen) atoms. The van der Waals surface area contributed by atoms with Gasteiger partial charge in [0.05, 0.1) is 22.0 Å². The Bertz CT molecular complexity index is 1250. The van der Waals surface area contributed by atoms with Crippen LogP contribution in [-0.2, 0) is 4.79 Å². The number of aromatic nitrogens is 1. The lowest BCUT2D eigenvalue weighted by Crippen LogP contribution is -2.29. The van der Waals surface area contributed by atoms with Crippen molar-refractivity contribution in [3.8, 4) is 11.3 Å². The molecule has 1 aliphatic rings. The van der Waals surface area contributed by atoms with Crippen molar-refractivity contribution in [1.82, 2.24) is 4.98 Å². The molecule has 10 heteroatoms. The average Bonchev–Trinajstić information content (AvgIpc) is 3.33. The molecular weight excluding hydrogens is 416 g/mol. The summed E-state index contributed by atoms with van der Waals surface area (Å²) in [6.07, 6.45) is 0. The zero-order valence-electron chi connectivity index (χ0n) is 17.0. The fourth-order valence-electron chi connectivity index (χ4n) is 3.14. The third-order valence-electron chi connectivity index (χ3n) is 4.76. The molecule has 0 saturated heterocycles. The van der Waals surface area contributed by atoms with Crippen LogP contribution in [0.25, 0.3) is 11.3 Å². The van der Waals surface area contributed by atoms with Crippen LogP contribution in [0.4, 0.5) is 16.5 Å². The number of non-ortho nitro benzene ring substituents is 1. The lowest BCUT2D eigenvalue weighted by Gasteiger charge is -2.08. The molecule has 9 nitrogen and oxygen atoms in total. The number of aryl methyl sites for hydroxylation is 2. The normalized spacial score (nSPS) is 16.2. The molecule has 2 aromatic carbocycles. The van der Waals surface area contributed by atoms with Crippen molar-refractivity contribution < 1.29 is 9.72 Å². The van der Waals surface area contributed by atoms with E-state index in [0.29, 0.717) is 27.8 Å². The molecule has 1 atom stereocenters. The summed E-state index contributed by atoms with van der Waals surface area (Å²) in [5.74, 6) is -0.342. The van der Waals surface area contributed by atoms with E-state index in [2.05, 4.69) is 20.3 Å². The highest BCUT2D eigenvalue weighted by atomic mass is 32.1. The zero-order valence-corrected chi connectivity index (χ0v) is 17.8. The molecule has 0 spiro atoms. The Kier molecular flexibility index (Phi) is 5.38. The van der Waals surface area contributed by atoms with Crippen LogP contribution in [0.15, 0.2) is 63.2 Å². The van der Waals surface area contributed by atoms with Crippen LogP contribution in [0.1, 0.15) is 18.1 Å². The summed E-state index contributed by atoms with van der Waals surface area (Å²) < 4.78 is 0. The minimum Gasteiger partial charge on any atom is -0.269 e. The van der Waals surface area contributed by atoms with E-state index in [-0.39, 0.29) is 11.6 Å². The predicted molar refractivity (Wildman–Crippen MR) is 119 cm³/mol. The standard InChI is InChI=1S/C21H18N6O3S/c1-12-7-8-17(13(2)9-12)23-24-19-14(3)25-26(20(19)28)21-22-18(11-31-21)15-5-4-6-16(10-15)27(29)30/h4-11,19H,1-3H3/t19-/m0/s1. The molecule has 1 aromatic heterocycles. The molecule has 2 heterocycles. The van der Waals surface area contributed by atoms with E-state index < -0.39 is 11.0 Å². The number of amides is 1. The molecule has 0 aliphatic carbocycles. The number of hydrogen-bond donors (Lipinski definition) is 0. The first-order chi connectivity index (χ1) is 14.8.